The smallest absolute Gasteiger partial charge is 0.271 e. The monoisotopic (exact) mass is 310 g/mol. The van der Waals surface area contributed by atoms with E-state index in [-0.39, 0.29) is 18.0 Å². The molecule has 1 aromatic heterocycles. The van der Waals surface area contributed by atoms with E-state index in [1.807, 2.05) is 6.07 Å². The van der Waals surface area contributed by atoms with E-state index in [0.717, 1.165) is 5.39 Å². The molecule has 0 saturated carbocycles. The fourth-order valence-corrected chi connectivity index (χ4v) is 3.05. The standard InChI is InChI=1S/C14H18N2O4S/c1-14(2,3)21(19,20)9-8-15-7-6-11-4-5-12(16(17)18)10-13(11)15/h4-7,10H,8-9H2,1-3H3. The number of benzene rings is 1. The van der Waals surface area contributed by atoms with Gasteiger partial charge >= 0.3 is 0 Å². The number of nitro groups is 1. The van der Waals surface area contributed by atoms with Crippen molar-refractivity contribution >= 4 is 26.4 Å². The lowest BCUT2D eigenvalue weighted by Crippen LogP contribution is -2.31. The van der Waals surface area contributed by atoms with E-state index in [0.29, 0.717) is 5.52 Å². The molecule has 0 fully saturated rings. The lowest BCUT2D eigenvalue weighted by Gasteiger charge is -2.19. The Bertz CT molecular complexity index is 785. The van der Waals surface area contributed by atoms with Crippen LogP contribution in [0.4, 0.5) is 5.69 Å². The molecule has 0 spiro atoms. The average Bonchev–Trinajstić information content (AvgIpc) is 2.77. The highest BCUT2D eigenvalue weighted by Crippen LogP contribution is 2.23. The molecule has 0 atom stereocenters. The van der Waals surface area contributed by atoms with Crippen LogP contribution in [0, 0.1) is 10.1 Å². The fourth-order valence-electron chi connectivity index (χ4n) is 2.01. The van der Waals surface area contributed by atoms with Crippen molar-refractivity contribution in [2.45, 2.75) is 32.1 Å². The summed E-state index contributed by atoms with van der Waals surface area (Å²) in [6, 6.07) is 6.41. The Hall–Kier alpha value is -1.89. The minimum absolute atomic E-state index is 0.00104. The zero-order chi connectivity index (χ0) is 15.8. The van der Waals surface area contributed by atoms with Crippen LogP contribution in [-0.2, 0) is 16.4 Å². The molecule has 0 aliphatic rings. The van der Waals surface area contributed by atoms with Crippen molar-refractivity contribution in [3.8, 4) is 0 Å². The van der Waals surface area contributed by atoms with E-state index < -0.39 is 19.5 Å². The van der Waals surface area contributed by atoms with Gasteiger partial charge in [-0.3, -0.25) is 10.1 Å². The van der Waals surface area contributed by atoms with E-state index in [9.17, 15) is 18.5 Å². The largest absolute Gasteiger partial charge is 0.346 e. The number of nitrogens with zero attached hydrogens (tertiary/aromatic N) is 2. The van der Waals surface area contributed by atoms with Crippen molar-refractivity contribution < 1.29 is 13.3 Å². The fraction of sp³-hybridized carbons (Fsp3) is 0.429. The second-order valence-electron chi connectivity index (χ2n) is 5.94. The first-order chi connectivity index (χ1) is 9.62. The van der Waals surface area contributed by atoms with Gasteiger partial charge < -0.3 is 4.57 Å². The van der Waals surface area contributed by atoms with Crippen molar-refractivity contribution in [2.24, 2.45) is 0 Å². The van der Waals surface area contributed by atoms with Crippen LogP contribution in [0.2, 0.25) is 0 Å². The number of rotatable bonds is 4. The molecule has 2 rings (SSSR count). The summed E-state index contributed by atoms with van der Waals surface area (Å²) in [7, 11) is -3.22. The molecule has 0 unspecified atom stereocenters. The first kappa shape index (κ1) is 15.5. The van der Waals surface area contributed by atoms with Gasteiger partial charge in [-0.2, -0.15) is 0 Å². The van der Waals surface area contributed by atoms with Crippen LogP contribution < -0.4 is 0 Å². The molecule has 0 amide bonds. The average molecular weight is 310 g/mol. The second kappa shape index (κ2) is 5.14. The van der Waals surface area contributed by atoms with Crippen LogP contribution in [0.15, 0.2) is 30.5 Å². The lowest BCUT2D eigenvalue weighted by atomic mass is 10.2. The number of non-ortho nitro benzene ring substituents is 1. The first-order valence-electron chi connectivity index (χ1n) is 6.57. The summed E-state index contributed by atoms with van der Waals surface area (Å²) in [6.07, 6.45) is 1.76. The topological polar surface area (TPSA) is 82.2 Å². The molecule has 2 aromatic rings. The van der Waals surface area contributed by atoms with Gasteiger partial charge in [0.15, 0.2) is 9.84 Å². The normalized spacial score (nSPS) is 12.7. The molecule has 0 aliphatic heterocycles. The Balaban J connectivity index is 2.31. The van der Waals surface area contributed by atoms with Crippen LogP contribution in [0.5, 0.6) is 0 Å². The molecule has 6 nitrogen and oxygen atoms in total. The van der Waals surface area contributed by atoms with Crippen molar-refractivity contribution in [1.29, 1.82) is 0 Å². The molecule has 7 heteroatoms. The summed E-state index contributed by atoms with van der Waals surface area (Å²) < 4.78 is 25.2. The molecular weight excluding hydrogens is 292 g/mol. The molecule has 21 heavy (non-hydrogen) atoms. The van der Waals surface area contributed by atoms with E-state index in [1.165, 1.54) is 12.1 Å². The SMILES string of the molecule is CC(C)(C)S(=O)(=O)CCn1ccc2ccc([N+](=O)[O-])cc21. The predicted molar refractivity (Wildman–Crippen MR) is 82.1 cm³/mol. The highest BCUT2D eigenvalue weighted by molar-refractivity contribution is 7.92. The Morgan fingerprint density at radius 1 is 1.24 bits per heavy atom. The molecule has 0 saturated heterocycles. The summed E-state index contributed by atoms with van der Waals surface area (Å²) in [5.41, 5.74) is 0.675. The van der Waals surface area contributed by atoms with Crippen LogP contribution >= 0.6 is 0 Å². The number of aryl methyl sites for hydroxylation is 1. The summed E-state index contributed by atoms with van der Waals surface area (Å²) in [4.78, 5) is 10.4. The lowest BCUT2D eigenvalue weighted by molar-refractivity contribution is -0.384. The zero-order valence-corrected chi connectivity index (χ0v) is 13.1. The van der Waals surface area contributed by atoms with Crippen LogP contribution in [0.1, 0.15) is 20.8 Å². The van der Waals surface area contributed by atoms with Crippen molar-refractivity contribution in [1.82, 2.24) is 4.57 Å². The number of nitro benzene ring substituents is 1. The molecule has 0 N–H and O–H groups in total. The minimum Gasteiger partial charge on any atom is -0.346 e. The second-order valence-corrected chi connectivity index (χ2v) is 8.80. The quantitative estimate of drug-likeness (QED) is 0.642. The summed E-state index contributed by atoms with van der Waals surface area (Å²) in [6.45, 7) is 5.28. The van der Waals surface area contributed by atoms with E-state index >= 15 is 0 Å². The number of sulfone groups is 1. The predicted octanol–water partition coefficient (Wildman–Crippen LogP) is 2.76. The number of fused-ring (bicyclic) bond motifs is 1. The van der Waals surface area contributed by atoms with Gasteiger partial charge in [-0.1, -0.05) is 0 Å². The number of hydrogen-bond donors (Lipinski definition) is 0. The van der Waals surface area contributed by atoms with Crippen molar-refractivity contribution in [2.75, 3.05) is 5.75 Å². The molecule has 114 valence electrons. The van der Waals surface area contributed by atoms with Crippen molar-refractivity contribution in [3.05, 3.63) is 40.6 Å². The Labute approximate surface area is 123 Å². The summed E-state index contributed by atoms with van der Waals surface area (Å²) in [5, 5.41) is 11.7. The van der Waals surface area contributed by atoms with Crippen LogP contribution in [-0.4, -0.2) is 28.4 Å². The van der Waals surface area contributed by atoms with Gasteiger partial charge in [0.1, 0.15) is 0 Å². The highest BCUT2D eigenvalue weighted by atomic mass is 32.2. The van der Waals surface area contributed by atoms with Gasteiger partial charge in [0.05, 0.1) is 20.9 Å². The van der Waals surface area contributed by atoms with Crippen LogP contribution in [0.25, 0.3) is 10.9 Å². The molecule has 0 bridgehead atoms. The molecule has 0 aliphatic carbocycles. The first-order valence-corrected chi connectivity index (χ1v) is 8.23. The van der Waals surface area contributed by atoms with Gasteiger partial charge in [0, 0.05) is 30.3 Å². The van der Waals surface area contributed by atoms with Gasteiger partial charge in [-0.25, -0.2) is 8.42 Å². The van der Waals surface area contributed by atoms with Gasteiger partial charge in [0.25, 0.3) is 5.69 Å². The third kappa shape index (κ3) is 3.07. The Morgan fingerprint density at radius 3 is 2.48 bits per heavy atom. The number of aromatic nitrogens is 1. The Morgan fingerprint density at radius 2 is 1.90 bits per heavy atom. The van der Waals surface area contributed by atoms with E-state index in [2.05, 4.69) is 0 Å². The molecular formula is C14H18N2O4S. The molecule has 0 radical (unpaired) electrons. The van der Waals surface area contributed by atoms with Gasteiger partial charge in [-0.15, -0.1) is 0 Å². The molecule has 1 aromatic carbocycles. The maximum atomic E-state index is 12.1. The minimum atomic E-state index is -3.22. The van der Waals surface area contributed by atoms with E-state index in [4.69, 9.17) is 0 Å². The Kier molecular flexibility index (Phi) is 3.79. The maximum absolute atomic E-state index is 12.1. The maximum Gasteiger partial charge on any atom is 0.271 e. The van der Waals surface area contributed by atoms with Gasteiger partial charge in [-0.05, 0) is 32.9 Å². The van der Waals surface area contributed by atoms with Crippen LogP contribution in [0.3, 0.4) is 0 Å². The number of hydrogen-bond acceptors (Lipinski definition) is 4. The third-order valence-corrected chi connectivity index (χ3v) is 6.09. The van der Waals surface area contributed by atoms with Crippen molar-refractivity contribution in [3.63, 3.8) is 0 Å². The van der Waals surface area contributed by atoms with E-state index in [1.54, 1.807) is 37.6 Å². The summed E-state index contributed by atoms with van der Waals surface area (Å²) >= 11 is 0. The highest BCUT2D eigenvalue weighted by Gasteiger charge is 2.28. The molecule has 1 heterocycles. The zero-order valence-electron chi connectivity index (χ0n) is 12.2. The summed E-state index contributed by atoms with van der Waals surface area (Å²) in [5.74, 6) is 0.00295. The third-order valence-electron chi connectivity index (χ3n) is 3.50. The van der Waals surface area contributed by atoms with Gasteiger partial charge in [0.2, 0.25) is 0 Å².